The van der Waals surface area contributed by atoms with E-state index in [-0.39, 0.29) is 12.5 Å². The Labute approximate surface area is 130 Å². The van der Waals surface area contributed by atoms with E-state index in [1.54, 1.807) is 25.3 Å². The highest BCUT2D eigenvalue weighted by Crippen LogP contribution is 2.21. The van der Waals surface area contributed by atoms with Gasteiger partial charge in [0.1, 0.15) is 5.75 Å². The van der Waals surface area contributed by atoms with Gasteiger partial charge in [-0.3, -0.25) is 4.79 Å². The summed E-state index contributed by atoms with van der Waals surface area (Å²) in [6, 6.07) is 5.38. The van der Waals surface area contributed by atoms with Gasteiger partial charge in [0.25, 0.3) is 5.91 Å². The Morgan fingerprint density at radius 1 is 1.43 bits per heavy atom. The van der Waals surface area contributed by atoms with Crippen LogP contribution in [-0.2, 0) is 0 Å². The van der Waals surface area contributed by atoms with Crippen LogP contribution in [0.3, 0.4) is 0 Å². The molecule has 5 heteroatoms. The number of rotatable bonds is 2. The van der Waals surface area contributed by atoms with Gasteiger partial charge in [0, 0.05) is 24.4 Å². The van der Waals surface area contributed by atoms with Crippen LogP contribution in [0.2, 0.25) is 0 Å². The first-order chi connectivity index (χ1) is 10.3. The van der Waals surface area contributed by atoms with E-state index in [0.717, 1.165) is 31.0 Å². The largest absolute Gasteiger partial charge is 0.495 e. The number of ether oxygens (including phenoxy) is 1. The van der Waals surface area contributed by atoms with Crippen molar-refractivity contribution >= 4 is 17.7 Å². The van der Waals surface area contributed by atoms with Crippen LogP contribution in [0.5, 0.6) is 5.75 Å². The molecule has 0 bridgehead atoms. The van der Waals surface area contributed by atoms with Crippen molar-refractivity contribution < 1.29 is 9.53 Å². The van der Waals surface area contributed by atoms with Crippen LogP contribution in [0.15, 0.2) is 18.2 Å². The van der Waals surface area contributed by atoms with Gasteiger partial charge in [-0.2, -0.15) is 11.8 Å². The molecule has 21 heavy (non-hydrogen) atoms. The van der Waals surface area contributed by atoms with Gasteiger partial charge in [-0.25, -0.2) is 0 Å². The summed E-state index contributed by atoms with van der Waals surface area (Å²) in [5, 5.41) is 0. The number of hydrogen-bond donors (Lipinski definition) is 1. The second kappa shape index (κ2) is 7.96. The molecule has 1 aromatic carbocycles. The van der Waals surface area contributed by atoms with Gasteiger partial charge in [-0.15, -0.1) is 0 Å². The highest BCUT2D eigenvalue weighted by atomic mass is 32.2. The third kappa shape index (κ3) is 4.16. The molecule has 0 atom stereocenters. The fourth-order valence-electron chi connectivity index (χ4n) is 2.22. The summed E-state index contributed by atoms with van der Waals surface area (Å²) in [5.74, 6) is 8.62. The first kappa shape index (κ1) is 15.7. The van der Waals surface area contributed by atoms with E-state index in [2.05, 4.69) is 11.8 Å². The molecule has 0 spiro atoms. The summed E-state index contributed by atoms with van der Waals surface area (Å²) >= 11 is 1.90. The maximum atomic E-state index is 12.6. The lowest BCUT2D eigenvalue weighted by Gasteiger charge is -2.20. The van der Waals surface area contributed by atoms with E-state index >= 15 is 0 Å². The average Bonchev–Trinajstić information content (AvgIpc) is 2.81. The number of carbonyl (C=O) groups excluding carboxylic acids is 1. The van der Waals surface area contributed by atoms with E-state index in [4.69, 9.17) is 10.5 Å². The van der Waals surface area contributed by atoms with Crippen molar-refractivity contribution in [3.05, 3.63) is 29.3 Å². The Kier molecular flexibility index (Phi) is 5.97. The molecule has 1 aliphatic heterocycles. The summed E-state index contributed by atoms with van der Waals surface area (Å²) in [5.41, 5.74) is 6.77. The van der Waals surface area contributed by atoms with Crippen molar-refractivity contribution in [1.29, 1.82) is 0 Å². The normalized spacial score (nSPS) is 14.9. The van der Waals surface area contributed by atoms with Crippen molar-refractivity contribution in [2.24, 2.45) is 5.73 Å². The van der Waals surface area contributed by atoms with Gasteiger partial charge in [-0.05, 0) is 30.4 Å². The lowest BCUT2D eigenvalue weighted by molar-refractivity contribution is 0.0768. The smallest absolute Gasteiger partial charge is 0.253 e. The van der Waals surface area contributed by atoms with E-state index in [9.17, 15) is 4.79 Å². The maximum absolute atomic E-state index is 12.6. The molecule has 1 heterocycles. The average molecular weight is 304 g/mol. The fourth-order valence-corrected chi connectivity index (χ4v) is 3.10. The van der Waals surface area contributed by atoms with Crippen LogP contribution in [0.25, 0.3) is 0 Å². The minimum atomic E-state index is 0.0657. The number of benzene rings is 1. The zero-order valence-electron chi connectivity index (χ0n) is 12.2. The molecule has 2 N–H and O–H groups in total. The standard InChI is InChI=1S/C16H20N2O2S/c1-20-15-6-5-14(12-13(15)4-2-7-17)16(19)18-8-3-10-21-11-9-18/h5-6,12H,3,7-11,17H2,1H3. The summed E-state index contributed by atoms with van der Waals surface area (Å²) in [6.07, 6.45) is 1.05. The molecular weight excluding hydrogens is 284 g/mol. The Hall–Kier alpha value is -1.64. The molecule has 0 radical (unpaired) electrons. The zero-order valence-corrected chi connectivity index (χ0v) is 13.0. The SMILES string of the molecule is COc1ccc(C(=O)N2CCCSCC2)cc1C#CCN. The predicted octanol–water partition coefficient (Wildman–Crippen LogP) is 1.58. The van der Waals surface area contributed by atoms with Crippen LogP contribution in [-0.4, -0.2) is 49.1 Å². The van der Waals surface area contributed by atoms with Crippen LogP contribution in [0.1, 0.15) is 22.3 Å². The number of amides is 1. The molecular formula is C16H20N2O2S. The number of nitrogens with zero attached hydrogens (tertiary/aromatic N) is 1. The minimum Gasteiger partial charge on any atom is -0.495 e. The highest BCUT2D eigenvalue weighted by Gasteiger charge is 2.18. The molecule has 0 aliphatic carbocycles. The molecule has 1 aliphatic rings. The summed E-state index contributed by atoms with van der Waals surface area (Å²) in [4.78, 5) is 14.5. The monoisotopic (exact) mass is 304 g/mol. The second-order valence-electron chi connectivity index (χ2n) is 4.68. The summed E-state index contributed by atoms with van der Waals surface area (Å²) in [7, 11) is 1.59. The van der Waals surface area contributed by atoms with Crippen LogP contribution >= 0.6 is 11.8 Å². The third-order valence-corrected chi connectivity index (χ3v) is 4.33. The molecule has 0 saturated carbocycles. The second-order valence-corrected chi connectivity index (χ2v) is 5.90. The van der Waals surface area contributed by atoms with E-state index in [0.29, 0.717) is 16.9 Å². The van der Waals surface area contributed by atoms with Crippen molar-refractivity contribution in [1.82, 2.24) is 4.90 Å². The van der Waals surface area contributed by atoms with Gasteiger partial charge in [0.2, 0.25) is 0 Å². The Morgan fingerprint density at radius 3 is 3.05 bits per heavy atom. The molecule has 0 aromatic heterocycles. The van der Waals surface area contributed by atoms with E-state index in [1.807, 2.05) is 16.7 Å². The van der Waals surface area contributed by atoms with Gasteiger partial charge in [0.15, 0.2) is 0 Å². The molecule has 1 amide bonds. The highest BCUT2D eigenvalue weighted by molar-refractivity contribution is 7.99. The molecule has 1 aromatic rings. The Bertz CT molecular complexity index is 555. The zero-order chi connectivity index (χ0) is 15.1. The molecule has 112 valence electrons. The molecule has 2 rings (SSSR count). The van der Waals surface area contributed by atoms with Crippen molar-refractivity contribution in [2.45, 2.75) is 6.42 Å². The van der Waals surface area contributed by atoms with Gasteiger partial charge < -0.3 is 15.4 Å². The van der Waals surface area contributed by atoms with Gasteiger partial charge in [-0.1, -0.05) is 11.8 Å². The fraction of sp³-hybridized carbons (Fsp3) is 0.438. The predicted molar refractivity (Wildman–Crippen MR) is 86.8 cm³/mol. The Morgan fingerprint density at radius 2 is 2.29 bits per heavy atom. The molecule has 1 saturated heterocycles. The first-order valence-electron chi connectivity index (χ1n) is 7.00. The van der Waals surface area contributed by atoms with Crippen molar-refractivity contribution in [2.75, 3.05) is 38.2 Å². The van der Waals surface area contributed by atoms with Crippen molar-refractivity contribution in [3.8, 4) is 17.6 Å². The van der Waals surface area contributed by atoms with Crippen LogP contribution in [0, 0.1) is 11.8 Å². The van der Waals surface area contributed by atoms with Gasteiger partial charge >= 0.3 is 0 Å². The van der Waals surface area contributed by atoms with Crippen LogP contribution in [0.4, 0.5) is 0 Å². The van der Waals surface area contributed by atoms with E-state index in [1.165, 1.54) is 0 Å². The van der Waals surface area contributed by atoms with Gasteiger partial charge in [0.05, 0.1) is 19.2 Å². The molecule has 0 unspecified atom stereocenters. The summed E-state index contributed by atoms with van der Waals surface area (Å²) in [6.45, 7) is 1.91. The third-order valence-electron chi connectivity index (χ3n) is 3.28. The minimum absolute atomic E-state index is 0.0657. The number of nitrogens with two attached hydrogens (primary N) is 1. The molecule has 4 nitrogen and oxygen atoms in total. The summed E-state index contributed by atoms with van der Waals surface area (Å²) < 4.78 is 5.27. The number of thioether (sulfide) groups is 1. The number of carbonyl (C=O) groups is 1. The van der Waals surface area contributed by atoms with Crippen molar-refractivity contribution in [3.63, 3.8) is 0 Å². The quantitative estimate of drug-likeness (QED) is 0.843. The first-order valence-corrected chi connectivity index (χ1v) is 8.15. The van der Waals surface area contributed by atoms with E-state index < -0.39 is 0 Å². The maximum Gasteiger partial charge on any atom is 0.253 e. The molecule has 1 fully saturated rings. The lowest BCUT2D eigenvalue weighted by atomic mass is 10.1. The Balaban J connectivity index is 2.24. The number of hydrogen-bond acceptors (Lipinski definition) is 4. The number of methoxy groups -OCH3 is 1. The van der Waals surface area contributed by atoms with Crippen LogP contribution < -0.4 is 10.5 Å². The lowest BCUT2D eigenvalue weighted by Crippen LogP contribution is -2.32. The topological polar surface area (TPSA) is 55.6 Å².